The molecule has 1 aromatic rings. The Morgan fingerprint density at radius 1 is 1.42 bits per heavy atom. The van der Waals surface area contributed by atoms with Crippen molar-refractivity contribution in [3.8, 4) is 0 Å². The zero-order valence-electron chi connectivity index (χ0n) is 12.5. The van der Waals surface area contributed by atoms with E-state index in [1.54, 1.807) is 0 Å². The molecule has 5 nitrogen and oxygen atoms in total. The van der Waals surface area contributed by atoms with E-state index in [1.165, 1.54) is 5.69 Å². The van der Waals surface area contributed by atoms with Crippen molar-refractivity contribution in [3.05, 3.63) is 17.0 Å². The molecule has 0 aromatic carbocycles. The van der Waals surface area contributed by atoms with E-state index in [9.17, 15) is 4.79 Å². The molecule has 0 spiro atoms. The van der Waals surface area contributed by atoms with Crippen LogP contribution in [0.25, 0.3) is 0 Å². The first-order valence-corrected chi connectivity index (χ1v) is 6.81. The molecular formula is C14H23N3O2. The monoisotopic (exact) mass is 265 g/mol. The molecule has 0 fully saturated rings. The maximum absolute atomic E-state index is 12.0. The predicted octanol–water partition coefficient (Wildman–Crippen LogP) is 1.80. The van der Waals surface area contributed by atoms with Crippen LogP contribution in [-0.2, 0) is 23.2 Å². The van der Waals surface area contributed by atoms with Crippen LogP contribution >= 0.6 is 0 Å². The molecule has 0 saturated heterocycles. The summed E-state index contributed by atoms with van der Waals surface area (Å²) in [5, 5.41) is 4.53. The van der Waals surface area contributed by atoms with Crippen molar-refractivity contribution in [2.24, 2.45) is 0 Å². The van der Waals surface area contributed by atoms with Gasteiger partial charge >= 0.3 is 5.97 Å². The highest BCUT2D eigenvalue weighted by molar-refractivity contribution is 5.89. The van der Waals surface area contributed by atoms with Gasteiger partial charge in [-0.1, -0.05) is 0 Å². The van der Waals surface area contributed by atoms with E-state index >= 15 is 0 Å². The Hall–Kier alpha value is -1.36. The zero-order valence-corrected chi connectivity index (χ0v) is 12.5. The van der Waals surface area contributed by atoms with Crippen LogP contribution in [0, 0.1) is 0 Å². The second-order valence-electron chi connectivity index (χ2n) is 6.06. The van der Waals surface area contributed by atoms with E-state index in [4.69, 9.17) is 4.74 Å². The summed E-state index contributed by atoms with van der Waals surface area (Å²) >= 11 is 0. The highest BCUT2D eigenvalue weighted by Crippen LogP contribution is 2.27. The standard InChI is InChI=1S/C14H23N3O2/c1-6-19-13(18)12-10-9-16(5)8-7-11(10)17(15-12)14(2,3)4/h6-9H2,1-5H3. The fourth-order valence-electron chi connectivity index (χ4n) is 2.47. The van der Waals surface area contributed by atoms with Crippen molar-refractivity contribution in [1.82, 2.24) is 14.7 Å². The first-order chi connectivity index (χ1) is 8.84. The number of likely N-dealkylation sites (N-methyl/N-ethyl adjacent to an activating group) is 1. The third-order valence-electron chi connectivity index (χ3n) is 3.35. The van der Waals surface area contributed by atoms with Crippen LogP contribution in [0.1, 0.15) is 49.4 Å². The molecule has 0 unspecified atom stereocenters. The Bertz CT molecular complexity index is 486. The molecule has 0 aliphatic carbocycles. The highest BCUT2D eigenvalue weighted by Gasteiger charge is 2.31. The summed E-state index contributed by atoms with van der Waals surface area (Å²) in [6, 6.07) is 0. The van der Waals surface area contributed by atoms with Crippen LogP contribution in [0.5, 0.6) is 0 Å². The second-order valence-corrected chi connectivity index (χ2v) is 6.06. The van der Waals surface area contributed by atoms with Gasteiger partial charge in [0.25, 0.3) is 0 Å². The summed E-state index contributed by atoms with van der Waals surface area (Å²) < 4.78 is 7.11. The van der Waals surface area contributed by atoms with Gasteiger partial charge in [-0.25, -0.2) is 4.79 Å². The van der Waals surface area contributed by atoms with Crippen molar-refractivity contribution in [1.29, 1.82) is 0 Å². The Labute approximate surface area is 114 Å². The maximum atomic E-state index is 12.0. The quantitative estimate of drug-likeness (QED) is 0.765. The fraction of sp³-hybridized carbons (Fsp3) is 0.714. The molecule has 0 saturated carbocycles. The van der Waals surface area contributed by atoms with E-state index < -0.39 is 0 Å². The summed E-state index contributed by atoms with van der Waals surface area (Å²) in [5.74, 6) is -0.308. The van der Waals surface area contributed by atoms with Gasteiger partial charge in [0.1, 0.15) is 0 Å². The number of hydrogen-bond donors (Lipinski definition) is 0. The molecule has 1 aliphatic rings. The molecule has 0 N–H and O–H groups in total. The lowest BCUT2D eigenvalue weighted by atomic mass is 10.0. The first kappa shape index (κ1) is 14.1. The number of hydrogen-bond acceptors (Lipinski definition) is 4. The highest BCUT2D eigenvalue weighted by atomic mass is 16.5. The largest absolute Gasteiger partial charge is 0.461 e. The summed E-state index contributed by atoms with van der Waals surface area (Å²) in [6.07, 6.45) is 0.926. The van der Waals surface area contributed by atoms with Gasteiger partial charge in [0.15, 0.2) is 5.69 Å². The summed E-state index contributed by atoms with van der Waals surface area (Å²) in [7, 11) is 2.06. The van der Waals surface area contributed by atoms with Crippen LogP contribution < -0.4 is 0 Å². The molecule has 106 valence electrons. The Morgan fingerprint density at radius 2 is 2.11 bits per heavy atom. The van der Waals surface area contributed by atoms with E-state index in [0.29, 0.717) is 12.3 Å². The predicted molar refractivity (Wildman–Crippen MR) is 73.2 cm³/mol. The number of fused-ring (bicyclic) bond motifs is 1. The summed E-state index contributed by atoms with van der Waals surface area (Å²) in [6.45, 7) is 10.3. The lowest BCUT2D eigenvalue weighted by Gasteiger charge is -2.27. The van der Waals surface area contributed by atoms with E-state index in [-0.39, 0.29) is 11.5 Å². The number of carbonyl (C=O) groups is 1. The van der Waals surface area contributed by atoms with Crippen LogP contribution in [0.4, 0.5) is 0 Å². The van der Waals surface area contributed by atoms with Gasteiger partial charge in [-0.3, -0.25) is 4.68 Å². The Kier molecular flexibility index (Phi) is 3.67. The minimum absolute atomic E-state index is 0.120. The number of aromatic nitrogens is 2. The molecule has 2 heterocycles. The average Bonchev–Trinajstić information content (AvgIpc) is 2.67. The smallest absolute Gasteiger partial charge is 0.359 e. The normalized spacial score (nSPS) is 16.3. The topological polar surface area (TPSA) is 47.4 Å². The Morgan fingerprint density at radius 3 is 2.68 bits per heavy atom. The van der Waals surface area contributed by atoms with Crippen molar-refractivity contribution < 1.29 is 9.53 Å². The van der Waals surface area contributed by atoms with Crippen molar-refractivity contribution >= 4 is 5.97 Å². The summed E-state index contributed by atoms with van der Waals surface area (Å²) in [5.41, 5.74) is 2.57. The van der Waals surface area contributed by atoms with Gasteiger partial charge < -0.3 is 9.64 Å². The van der Waals surface area contributed by atoms with E-state index in [0.717, 1.165) is 25.1 Å². The number of ether oxygens (including phenoxy) is 1. The third kappa shape index (κ3) is 2.66. The first-order valence-electron chi connectivity index (χ1n) is 6.81. The van der Waals surface area contributed by atoms with Gasteiger partial charge in [-0.15, -0.1) is 0 Å². The minimum atomic E-state index is -0.308. The molecule has 1 aliphatic heterocycles. The molecule has 1 aromatic heterocycles. The SMILES string of the molecule is CCOC(=O)c1nn(C(C)(C)C)c2c1CN(C)CC2. The van der Waals surface area contributed by atoms with Gasteiger partial charge in [0, 0.05) is 30.8 Å². The number of rotatable bonds is 2. The average molecular weight is 265 g/mol. The molecule has 0 bridgehead atoms. The minimum Gasteiger partial charge on any atom is -0.461 e. The number of esters is 1. The van der Waals surface area contributed by atoms with E-state index in [1.807, 2.05) is 11.6 Å². The lowest BCUT2D eigenvalue weighted by Crippen LogP contribution is -2.31. The lowest BCUT2D eigenvalue weighted by molar-refractivity contribution is 0.0515. The molecular weight excluding hydrogens is 242 g/mol. The van der Waals surface area contributed by atoms with Crippen molar-refractivity contribution in [2.45, 2.75) is 46.2 Å². The maximum Gasteiger partial charge on any atom is 0.359 e. The number of nitrogens with zero attached hydrogens (tertiary/aromatic N) is 3. The van der Waals surface area contributed by atoms with Gasteiger partial charge in [0.2, 0.25) is 0 Å². The van der Waals surface area contributed by atoms with Gasteiger partial charge in [-0.2, -0.15) is 5.10 Å². The van der Waals surface area contributed by atoms with Crippen LogP contribution in [0.2, 0.25) is 0 Å². The van der Waals surface area contributed by atoms with Crippen LogP contribution in [-0.4, -0.2) is 40.8 Å². The van der Waals surface area contributed by atoms with Gasteiger partial charge in [-0.05, 0) is 34.7 Å². The third-order valence-corrected chi connectivity index (χ3v) is 3.35. The molecule has 2 rings (SSSR count). The fourth-order valence-corrected chi connectivity index (χ4v) is 2.47. The molecule has 0 atom stereocenters. The van der Waals surface area contributed by atoms with Crippen LogP contribution in [0.3, 0.4) is 0 Å². The molecule has 19 heavy (non-hydrogen) atoms. The van der Waals surface area contributed by atoms with Gasteiger partial charge in [0.05, 0.1) is 12.1 Å². The molecule has 0 amide bonds. The zero-order chi connectivity index (χ0) is 14.2. The molecule has 5 heteroatoms. The number of carbonyl (C=O) groups excluding carboxylic acids is 1. The van der Waals surface area contributed by atoms with Crippen molar-refractivity contribution in [3.63, 3.8) is 0 Å². The molecule has 0 radical (unpaired) electrons. The Balaban J connectivity index is 2.50. The summed E-state index contributed by atoms with van der Waals surface area (Å²) in [4.78, 5) is 14.3. The van der Waals surface area contributed by atoms with E-state index in [2.05, 4.69) is 37.8 Å². The second kappa shape index (κ2) is 4.96. The van der Waals surface area contributed by atoms with Crippen molar-refractivity contribution in [2.75, 3.05) is 20.2 Å². The van der Waals surface area contributed by atoms with Crippen LogP contribution in [0.15, 0.2) is 0 Å².